The number of rotatable bonds is 9. The van der Waals surface area contributed by atoms with Crippen LogP contribution in [0.15, 0.2) is 53.4 Å². The molecule has 27 heavy (non-hydrogen) atoms. The summed E-state index contributed by atoms with van der Waals surface area (Å²) in [6.07, 6.45) is 3.46. The number of ether oxygens (including phenoxy) is 1. The minimum absolute atomic E-state index is 0.0188. The number of sulfonamides is 1. The van der Waals surface area contributed by atoms with Crippen molar-refractivity contribution in [3.05, 3.63) is 54.3 Å². The molecule has 0 saturated carbocycles. The number of hydrogen-bond donors (Lipinski definition) is 2. The molecule has 0 aliphatic heterocycles. The molecule has 0 saturated heterocycles. The van der Waals surface area contributed by atoms with Crippen molar-refractivity contribution in [3.8, 4) is 0 Å². The summed E-state index contributed by atoms with van der Waals surface area (Å²) < 4.78 is 45.0. The fraction of sp³-hybridized carbons (Fsp3) is 0.316. The summed E-state index contributed by atoms with van der Waals surface area (Å²) in [5.74, 6) is -0.453. The van der Waals surface area contributed by atoms with Crippen LogP contribution in [0.5, 0.6) is 0 Å². The van der Waals surface area contributed by atoms with Crippen molar-refractivity contribution in [2.24, 2.45) is 0 Å². The van der Waals surface area contributed by atoms with Crippen LogP contribution >= 0.6 is 0 Å². The highest BCUT2D eigenvalue weighted by Crippen LogP contribution is 2.18. The van der Waals surface area contributed by atoms with E-state index in [-0.39, 0.29) is 10.6 Å². The van der Waals surface area contributed by atoms with Crippen molar-refractivity contribution in [1.82, 2.24) is 0 Å². The lowest BCUT2D eigenvalue weighted by molar-refractivity contribution is 0.159. The SMILES string of the molecule is CCCCCCOC(=O)Nc1ccc(S(=O)(=O)Nc2ccc(F)cc2)cc1. The number of benzene rings is 2. The van der Waals surface area contributed by atoms with E-state index in [0.717, 1.165) is 25.7 Å². The van der Waals surface area contributed by atoms with Gasteiger partial charge in [-0.3, -0.25) is 10.0 Å². The molecule has 2 aromatic rings. The lowest BCUT2D eigenvalue weighted by Crippen LogP contribution is -2.15. The quantitative estimate of drug-likeness (QED) is 0.601. The largest absolute Gasteiger partial charge is 0.449 e. The molecular formula is C19H23FN2O4S. The second-order valence-corrected chi connectivity index (χ2v) is 7.64. The summed E-state index contributed by atoms with van der Waals surface area (Å²) in [4.78, 5) is 11.7. The van der Waals surface area contributed by atoms with Crippen LogP contribution in [-0.2, 0) is 14.8 Å². The van der Waals surface area contributed by atoms with Gasteiger partial charge in [0, 0.05) is 11.4 Å². The second kappa shape index (κ2) is 9.91. The summed E-state index contributed by atoms with van der Waals surface area (Å²) in [7, 11) is -3.81. The van der Waals surface area contributed by atoms with Gasteiger partial charge in [-0.05, 0) is 55.0 Å². The Balaban J connectivity index is 1.89. The van der Waals surface area contributed by atoms with E-state index in [9.17, 15) is 17.6 Å². The summed E-state index contributed by atoms with van der Waals surface area (Å²) >= 11 is 0. The molecule has 6 nitrogen and oxygen atoms in total. The number of hydrogen-bond acceptors (Lipinski definition) is 4. The Morgan fingerprint density at radius 2 is 1.59 bits per heavy atom. The van der Waals surface area contributed by atoms with Gasteiger partial charge in [0.25, 0.3) is 10.0 Å². The number of anilines is 2. The third-order valence-electron chi connectivity index (χ3n) is 3.74. The van der Waals surface area contributed by atoms with Gasteiger partial charge >= 0.3 is 6.09 Å². The van der Waals surface area contributed by atoms with Gasteiger partial charge in [0.15, 0.2) is 0 Å². The van der Waals surface area contributed by atoms with E-state index in [1.165, 1.54) is 48.5 Å². The summed E-state index contributed by atoms with van der Waals surface area (Å²) in [6, 6.07) is 10.7. The molecule has 2 N–H and O–H groups in total. The van der Waals surface area contributed by atoms with Crippen LogP contribution in [0, 0.1) is 5.82 Å². The number of unbranched alkanes of at least 4 members (excludes halogenated alkanes) is 3. The molecule has 1 amide bonds. The fourth-order valence-corrected chi connectivity index (χ4v) is 3.36. The van der Waals surface area contributed by atoms with E-state index < -0.39 is 21.9 Å². The van der Waals surface area contributed by atoms with Crippen LogP contribution < -0.4 is 10.0 Å². The first kappa shape index (κ1) is 20.7. The van der Waals surface area contributed by atoms with Gasteiger partial charge in [-0.1, -0.05) is 26.2 Å². The first-order valence-electron chi connectivity index (χ1n) is 8.73. The Bertz CT molecular complexity index is 837. The Morgan fingerprint density at radius 1 is 0.963 bits per heavy atom. The molecule has 0 fully saturated rings. The molecular weight excluding hydrogens is 371 g/mol. The lowest BCUT2D eigenvalue weighted by atomic mass is 10.2. The van der Waals surface area contributed by atoms with Gasteiger partial charge in [-0.25, -0.2) is 17.6 Å². The van der Waals surface area contributed by atoms with Gasteiger partial charge in [0.2, 0.25) is 0 Å². The van der Waals surface area contributed by atoms with E-state index in [0.29, 0.717) is 12.3 Å². The molecule has 0 heterocycles. The third kappa shape index (κ3) is 6.90. The Hall–Kier alpha value is -2.61. The van der Waals surface area contributed by atoms with E-state index in [1.807, 2.05) is 0 Å². The molecule has 8 heteroatoms. The second-order valence-electron chi connectivity index (χ2n) is 5.96. The summed E-state index contributed by atoms with van der Waals surface area (Å²) in [5.41, 5.74) is 0.680. The van der Waals surface area contributed by atoms with E-state index in [4.69, 9.17) is 4.74 Å². The Kier molecular flexibility index (Phi) is 7.60. The first-order chi connectivity index (χ1) is 12.9. The Labute approximate surface area is 158 Å². The molecule has 0 radical (unpaired) electrons. The topological polar surface area (TPSA) is 84.5 Å². The van der Waals surface area contributed by atoms with Crippen LogP contribution in [0.2, 0.25) is 0 Å². The molecule has 0 unspecified atom stereocenters. The van der Waals surface area contributed by atoms with Crippen molar-refractivity contribution in [2.45, 2.75) is 37.5 Å². The minimum Gasteiger partial charge on any atom is -0.449 e. The number of carbonyl (C=O) groups is 1. The third-order valence-corrected chi connectivity index (χ3v) is 5.14. The zero-order valence-electron chi connectivity index (χ0n) is 15.1. The maximum absolute atomic E-state index is 12.9. The van der Waals surface area contributed by atoms with Crippen LogP contribution in [0.3, 0.4) is 0 Å². The molecule has 146 valence electrons. The average Bonchev–Trinajstić information content (AvgIpc) is 2.64. The van der Waals surface area contributed by atoms with Crippen molar-refractivity contribution >= 4 is 27.5 Å². The van der Waals surface area contributed by atoms with Crippen molar-refractivity contribution in [1.29, 1.82) is 0 Å². The van der Waals surface area contributed by atoms with Crippen LogP contribution in [0.25, 0.3) is 0 Å². The predicted molar refractivity (Wildman–Crippen MR) is 103 cm³/mol. The van der Waals surface area contributed by atoms with E-state index in [1.54, 1.807) is 0 Å². The number of amides is 1. The zero-order valence-corrected chi connectivity index (χ0v) is 15.9. The molecule has 0 aliphatic carbocycles. The number of carbonyl (C=O) groups excluding carboxylic acids is 1. The standard InChI is InChI=1S/C19H23FN2O4S/c1-2-3-4-5-14-26-19(23)21-16-10-12-18(13-11-16)27(24,25)22-17-8-6-15(20)7-9-17/h6-13,22H,2-5,14H2,1H3,(H,21,23). The monoisotopic (exact) mass is 394 g/mol. The van der Waals surface area contributed by atoms with Gasteiger partial charge in [0.05, 0.1) is 11.5 Å². The molecule has 0 aliphatic rings. The van der Waals surface area contributed by atoms with Crippen molar-refractivity contribution in [2.75, 3.05) is 16.6 Å². The highest BCUT2D eigenvalue weighted by atomic mass is 32.2. The molecule has 0 bridgehead atoms. The lowest BCUT2D eigenvalue weighted by Gasteiger charge is -2.10. The van der Waals surface area contributed by atoms with E-state index in [2.05, 4.69) is 17.0 Å². The van der Waals surface area contributed by atoms with Crippen LogP contribution in [0.1, 0.15) is 32.6 Å². The number of nitrogens with one attached hydrogen (secondary N) is 2. The van der Waals surface area contributed by atoms with Crippen molar-refractivity contribution in [3.63, 3.8) is 0 Å². The van der Waals surface area contributed by atoms with Gasteiger partial charge in [0.1, 0.15) is 5.82 Å². The van der Waals surface area contributed by atoms with Crippen LogP contribution in [-0.4, -0.2) is 21.1 Å². The highest BCUT2D eigenvalue weighted by Gasteiger charge is 2.14. The Morgan fingerprint density at radius 3 is 2.22 bits per heavy atom. The highest BCUT2D eigenvalue weighted by molar-refractivity contribution is 7.92. The zero-order chi connectivity index (χ0) is 19.7. The van der Waals surface area contributed by atoms with E-state index >= 15 is 0 Å². The molecule has 2 aromatic carbocycles. The molecule has 0 atom stereocenters. The number of halogens is 1. The molecule has 0 aromatic heterocycles. The average molecular weight is 394 g/mol. The summed E-state index contributed by atoms with van der Waals surface area (Å²) in [5, 5.41) is 2.55. The normalized spacial score (nSPS) is 11.0. The smallest absolute Gasteiger partial charge is 0.411 e. The fourth-order valence-electron chi connectivity index (χ4n) is 2.30. The van der Waals surface area contributed by atoms with Crippen LogP contribution in [0.4, 0.5) is 20.6 Å². The molecule has 2 rings (SSSR count). The maximum Gasteiger partial charge on any atom is 0.411 e. The van der Waals surface area contributed by atoms with Gasteiger partial charge in [-0.15, -0.1) is 0 Å². The minimum atomic E-state index is -3.81. The van der Waals surface area contributed by atoms with Crippen molar-refractivity contribution < 1.29 is 22.3 Å². The van der Waals surface area contributed by atoms with Gasteiger partial charge < -0.3 is 4.74 Å². The maximum atomic E-state index is 12.9. The predicted octanol–water partition coefficient (Wildman–Crippen LogP) is 4.76. The first-order valence-corrected chi connectivity index (χ1v) is 10.2. The van der Waals surface area contributed by atoms with Gasteiger partial charge in [-0.2, -0.15) is 0 Å². The molecule has 0 spiro atoms. The summed E-state index contributed by atoms with van der Waals surface area (Å²) in [6.45, 7) is 2.45.